The molecule has 0 saturated carbocycles. The molecule has 110 valence electrons. The lowest BCUT2D eigenvalue weighted by Crippen LogP contribution is -2.50. The number of aliphatic hydroxyl groups is 1. The van der Waals surface area contributed by atoms with Gasteiger partial charge in [0.2, 0.25) is 0 Å². The maximum atomic E-state index is 9.87. The first kappa shape index (κ1) is 15.2. The van der Waals surface area contributed by atoms with Crippen molar-refractivity contribution < 1.29 is 5.11 Å². The van der Waals surface area contributed by atoms with E-state index in [2.05, 4.69) is 14.8 Å². The maximum absolute atomic E-state index is 9.87. The summed E-state index contributed by atoms with van der Waals surface area (Å²) >= 11 is 5.09. The lowest BCUT2D eigenvalue weighted by molar-refractivity contribution is 0.0345. The van der Waals surface area contributed by atoms with E-state index in [1.54, 1.807) is 6.20 Å². The van der Waals surface area contributed by atoms with Crippen molar-refractivity contribution in [2.24, 2.45) is 5.73 Å². The molecule has 1 aromatic rings. The van der Waals surface area contributed by atoms with Crippen LogP contribution in [0.1, 0.15) is 19.4 Å². The fourth-order valence-corrected chi connectivity index (χ4v) is 2.71. The van der Waals surface area contributed by atoms with Crippen LogP contribution >= 0.6 is 12.2 Å². The minimum Gasteiger partial charge on any atom is -0.389 e. The van der Waals surface area contributed by atoms with Gasteiger partial charge in [-0.3, -0.25) is 9.88 Å². The second kappa shape index (κ2) is 6.03. The summed E-state index contributed by atoms with van der Waals surface area (Å²) < 4.78 is 0. The Morgan fingerprint density at radius 2 is 2.05 bits per heavy atom. The van der Waals surface area contributed by atoms with Crippen LogP contribution in [-0.2, 0) is 0 Å². The van der Waals surface area contributed by atoms with E-state index in [1.807, 2.05) is 26.1 Å². The van der Waals surface area contributed by atoms with E-state index >= 15 is 0 Å². The van der Waals surface area contributed by atoms with Gasteiger partial charge in [0, 0.05) is 44.5 Å². The molecular weight excluding hydrogens is 272 g/mol. The van der Waals surface area contributed by atoms with E-state index in [0.717, 1.165) is 37.4 Å². The van der Waals surface area contributed by atoms with Crippen molar-refractivity contribution in [3.63, 3.8) is 0 Å². The van der Waals surface area contributed by atoms with E-state index in [1.165, 1.54) is 0 Å². The summed E-state index contributed by atoms with van der Waals surface area (Å²) in [6, 6.07) is 1.86. The van der Waals surface area contributed by atoms with Gasteiger partial charge < -0.3 is 15.7 Å². The zero-order valence-electron chi connectivity index (χ0n) is 12.0. The molecule has 0 unspecified atom stereocenters. The normalized spacial score (nSPS) is 17.2. The van der Waals surface area contributed by atoms with Crippen molar-refractivity contribution in [3.05, 3.63) is 24.0 Å². The highest BCUT2D eigenvalue weighted by molar-refractivity contribution is 7.80. The van der Waals surface area contributed by atoms with Gasteiger partial charge >= 0.3 is 0 Å². The summed E-state index contributed by atoms with van der Waals surface area (Å²) in [5, 5.41) is 9.87. The molecule has 2 heterocycles. The van der Waals surface area contributed by atoms with Crippen molar-refractivity contribution in [2.45, 2.75) is 19.4 Å². The molecule has 20 heavy (non-hydrogen) atoms. The Kier molecular flexibility index (Phi) is 4.57. The van der Waals surface area contributed by atoms with Crippen LogP contribution in [0.4, 0.5) is 5.69 Å². The first-order valence-corrected chi connectivity index (χ1v) is 7.21. The first-order valence-electron chi connectivity index (χ1n) is 6.80. The first-order chi connectivity index (χ1) is 9.37. The standard InChI is InChI=1S/C14H22N4OS/c1-14(2,19)10-17-5-7-18(8-6-17)12-9-16-4-3-11(12)13(15)20/h3-4,9,19H,5-8,10H2,1-2H3,(H2,15,20). The van der Waals surface area contributed by atoms with E-state index in [4.69, 9.17) is 18.0 Å². The number of thiocarbonyl (C=S) groups is 1. The highest BCUT2D eigenvalue weighted by atomic mass is 32.1. The van der Waals surface area contributed by atoms with E-state index in [9.17, 15) is 5.11 Å². The molecule has 0 bridgehead atoms. The van der Waals surface area contributed by atoms with Crippen molar-refractivity contribution in [3.8, 4) is 0 Å². The lowest BCUT2D eigenvalue weighted by atomic mass is 10.1. The van der Waals surface area contributed by atoms with Crippen LogP contribution in [0, 0.1) is 0 Å². The average molecular weight is 294 g/mol. The molecule has 5 nitrogen and oxygen atoms in total. The monoisotopic (exact) mass is 294 g/mol. The van der Waals surface area contributed by atoms with Crippen LogP contribution < -0.4 is 10.6 Å². The number of hydrogen-bond donors (Lipinski definition) is 2. The molecule has 1 saturated heterocycles. The van der Waals surface area contributed by atoms with Crippen LogP contribution in [-0.4, -0.2) is 58.3 Å². The van der Waals surface area contributed by atoms with E-state index in [-0.39, 0.29) is 0 Å². The zero-order valence-corrected chi connectivity index (χ0v) is 12.9. The van der Waals surface area contributed by atoms with Gasteiger partial charge in [0.25, 0.3) is 0 Å². The molecule has 1 fully saturated rings. The Labute approximate surface area is 125 Å². The number of pyridine rings is 1. The van der Waals surface area contributed by atoms with Crippen molar-refractivity contribution in [2.75, 3.05) is 37.6 Å². The molecule has 1 aliphatic heterocycles. The predicted octanol–water partition coefficient (Wildman–Crippen LogP) is 0.609. The van der Waals surface area contributed by atoms with Gasteiger partial charge in [0.15, 0.2) is 0 Å². The van der Waals surface area contributed by atoms with Crippen LogP contribution in [0.25, 0.3) is 0 Å². The summed E-state index contributed by atoms with van der Waals surface area (Å²) in [5.41, 5.74) is 7.00. The minimum absolute atomic E-state index is 0.404. The largest absolute Gasteiger partial charge is 0.389 e. The Morgan fingerprint density at radius 1 is 1.40 bits per heavy atom. The second-order valence-electron chi connectivity index (χ2n) is 5.83. The summed E-state index contributed by atoms with van der Waals surface area (Å²) in [5.74, 6) is 0. The fourth-order valence-electron chi connectivity index (χ4n) is 2.54. The summed E-state index contributed by atoms with van der Waals surface area (Å²) in [6.07, 6.45) is 3.53. The average Bonchev–Trinajstić information content (AvgIpc) is 2.38. The maximum Gasteiger partial charge on any atom is 0.106 e. The van der Waals surface area contributed by atoms with Gasteiger partial charge in [-0.05, 0) is 19.9 Å². The Hall–Kier alpha value is -1.24. The number of piperazine rings is 1. The molecule has 6 heteroatoms. The predicted molar refractivity (Wildman–Crippen MR) is 85.1 cm³/mol. The molecule has 0 spiro atoms. The summed E-state index contributed by atoms with van der Waals surface area (Å²) in [7, 11) is 0. The van der Waals surface area contributed by atoms with Crippen molar-refractivity contribution in [1.29, 1.82) is 0 Å². The number of hydrogen-bond acceptors (Lipinski definition) is 5. The molecule has 0 aliphatic carbocycles. The number of aromatic nitrogens is 1. The SMILES string of the molecule is CC(C)(O)CN1CCN(c2cnccc2C(N)=S)CC1. The van der Waals surface area contributed by atoms with Crippen LogP contribution in [0.3, 0.4) is 0 Å². The second-order valence-corrected chi connectivity index (χ2v) is 6.27. The highest BCUT2D eigenvalue weighted by Crippen LogP contribution is 2.21. The zero-order chi connectivity index (χ0) is 14.8. The number of nitrogens with two attached hydrogens (primary N) is 1. The van der Waals surface area contributed by atoms with Gasteiger partial charge in [-0.2, -0.15) is 0 Å². The van der Waals surface area contributed by atoms with E-state index < -0.39 is 5.60 Å². The third kappa shape index (κ3) is 3.88. The Balaban J connectivity index is 2.03. The third-order valence-corrected chi connectivity index (χ3v) is 3.61. The molecule has 0 aromatic carbocycles. The minimum atomic E-state index is -0.652. The van der Waals surface area contributed by atoms with Crippen LogP contribution in [0.15, 0.2) is 18.5 Å². The quantitative estimate of drug-likeness (QED) is 0.793. The molecule has 0 radical (unpaired) electrons. The molecule has 0 amide bonds. The molecule has 2 rings (SSSR count). The van der Waals surface area contributed by atoms with Gasteiger partial charge in [0.05, 0.1) is 17.5 Å². The van der Waals surface area contributed by atoms with Crippen LogP contribution in [0.5, 0.6) is 0 Å². The number of β-amino-alcohol motifs (C(OH)–C–C–N with tert-alkyl or cyclic N) is 1. The lowest BCUT2D eigenvalue weighted by Gasteiger charge is -2.38. The third-order valence-electron chi connectivity index (χ3n) is 3.39. The van der Waals surface area contributed by atoms with Gasteiger partial charge in [0.1, 0.15) is 4.99 Å². The highest BCUT2D eigenvalue weighted by Gasteiger charge is 2.24. The number of anilines is 1. The van der Waals surface area contributed by atoms with Crippen molar-refractivity contribution >= 4 is 22.9 Å². The molecule has 1 aliphatic rings. The molecule has 0 atom stereocenters. The number of nitrogens with zero attached hydrogens (tertiary/aromatic N) is 3. The number of rotatable bonds is 4. The topological polar surface area (TPSA) is 65.6 Å². The molecular formula is C14H22N4OS. The van der Waals surface area contributed by atoms with Gasteiger partial charge in [-0.15, -0.1) is 0 Å². The van der Waals surface area contributed by atoms with Gasteiger partial charge in [-0.25, -0.2) is 0 Å². The Bertz CT molecular complexity index is 478. The van der Waals surface area contributed by atoms with Crippen LogP contribution in [0.2, 0.25) is 0 Å². The smallest absolute Gasteiger partial charge is 0.106 e. The molecule has 1 aromatic heterocycles. The summed E-state index contributed by atoms with van der Waals surface area (Å²) in [4.78, 5) is 9.10. The summed E-state index contributed by atoms with van der Waals surface area (Å²) in [6.45, 7) is 7.97. The fraction of sp³-hybridized carbons (Fsp3) is 0.571. The van der Waals surface area contributed by atoms with Gasteiger partial charge in [-0.1, -0.05) is 12.2 Å². The Morgan fingerprint density at radius 3 is 2.60 bits per heavy atom. The molecule has 3 N–H and O–H groups in total. The van der Waals surface area contributed by atoms with E-state index in [0.29, 0.717) is 11.5 Å². The van der Waals surface area contributed by atoms with Crippen molar-refractivity contribution in [1.82, 2.24) is 9.88 Å².